The Labute approximate surface area is 64.4 Å². The van der Waals surface area contributed by atoms with Crippen molar-refractivity contribution in [3.63, 3.8) is 0 Å². The fourth-order valence-corrected chi connectivity index (χ4v) is 1.54. The van der Waals surface area contributed by atoms with Gasteiger partial charge in [0.1, 0.15) is 0 Å². The summed E-state index contributed by atoms with van der Waals surface area (Å²) in [5.41, 5.74) is 0. The van der Waals surface area contributed by atoms with Crippen molar-refractivity contribution >= 4 is 0 Å². The number of hydrogen-bond acceptors (Lipinski definition) is 1. The molecule has 1 heterocycles. The topological polar surface area (TPSA) is 3.24 Å². The van der Waals surface area contributed by atoms with Gasteiger partial charge in [-0.1, -0.05) is 13.3 Å². The van der Waals surface area contributed by atoms with Crippen LogP contribution in [-0.2, 0) is 0 Å². The molecular weight excluding hydrogens is 122 g/mol. The van der Waals surface area contributed by atoms with E-state index in [-0.39, 0.29) is 0 Å². The van der Waals surface area contributed by atoms with Gasteiger partial charge in [0.25, 0.3) is 0 Å². The standard InChI is InChI=1S/C9H18N/c1-3-9(2)10-7-5-4-6-8-10/h9H,2-8H2,1H3. The Hall–Kier alpha value is -0.0400. The molecule has 1 atom stereocenters. The molecule has 1 unspecified atom stereocenters. The summed E-state index contributed by atoms with van der Waals surface area (Å²) in [6.07, 6.45) is 5.38. The van der Waals surface area contributed by atoms with E-state index < -0.39 is 0 Å². The van der Waals surface area contributed by atoms with Crippen LogP contribution in [0.3, 0.4) is 0 Å². The number of rotatable bonds is 2. The molecule has 0 bridgehead atoms. The van der Waals surface area contributed by atoms with Gasteiger partial charge >= 0.3 is 0 Å². The molecule has 1 saturated heterocycles. The van der Waals surface area contributed by atoms with Gasteiger partial charge in [0.2, 0.25) is 0 Å². The highest BCUT2D eigenvalue weighted by Crippen LogP contribution is 2.12. The molecular formula is C9H18N. The van der Waals surface area contributed by atoms with Crippen LogP contribution < -0.4 is 0 Å². The van der Waals surface area contributed by atoms with Crippen molar-refractivity contribution in [2.45, 2.75) is 38.6 Å². The zero-order valence-corrected chi connectivity index (χ0v) is 6.97. The average molecular weight is 140 g/mol. The maximum absolute atomic E-state index is 4.11. The van der Waals surface area contributed by atoms with E-state index in [9.17, 15) is 0 Å². The van der Waals surface area contributed by atoms with Crippen LogP contribution in [0, 0.1) is 6.92 Å². The van der Waals surface area contributed by atoms with E-state index in [0.29, 0.717) is 6.04 Å². The molecule has 1 fully saturated rings. The van der Waals surface area contributed by atoms with Crippen molar-refractivity contribution in [1.29, 1.82) is 0 Å². The Kier molecular flexibility index (Phi) is 3.20. The van der Waals surface area contributed by atoms with E-state index in [1.807, 2.05) is 0 Å². The van der Waals surface area contributed by atoms with Crippen LogP contribution in [0.25, 0.3) is 0 Å². The summed E-state index contributed by atoms with van der Waals surface area (Å²) in [6.45, 7) is 8.88. The maximum atomic E-state index is 4.11. The fraction of sp³-hybridized carbons (Fsp3) is 0.889. The Bertz CT molecular complexity index is 84.7. The molecule has 1 rings (SSSR count). The minimum absolute atomic E-state index is 0.570. The van der Waals surface area contributed by atoms with Crippen molar-refractivity contribution in [3.05, 3.63) is 6.92 Å². The molecule has 0 spiro atoms. The average Bonchev–Trinajstić information content (AvgIpc) is 2.05. The largest absolute Gasteiger partial charge is 0.300 e. The summed E-state index contributed by atoms with van der Waals surface area (Å²) in [5, 5.41) is 0. The fourth-order valence-electron chi connectivity index (χ4n) is 1.54. The SMILES string of the molecule is [CH2]C(CC)N1CCCCC1. The van der Waals surface area contributed by atoms with Gasteiger partial charge in [0, 0.05) is 6.04 Å². The lowest BCUT2D eigenvalue weighted by molar-refractivity contribution is 0.186. The normalized spacial score (nSPS) is 24.6. The molecule has 1 heteroatoms. The summed E-state index contributed by atoms with van der Waals surface area (Å²) < 4.78 is 0. The first-order valence-electron chi connectivity index (χ1n) is 4.41. The first-order chi connectivity index (χ1) is 4.84. The summed E-state index contributed by atoms with van der Waals surface area (Å²) in [7, 11) is 0. The molecule has 59 valence electrons. The van der Waals surface area contributed by atoms with Gasteiger partial charge in [0.15, 0.2) is 0 Å². The zero-order chi connectivity index (χ0) is 7.40. The molecule has 1 nitrogen and oxygen atoms in total. The Balaban J connectivity index is 2.24. The van der Waals surface area contributed by atoms with E-state index in [0.717, 1.165) is 0 Å². The molecule has 0 N–H and O–H groups in total. The molecule has 0 aromatic rings. The molecule has 1 radical (unpaired) electrons. The van der Waals surface area contributed by atoms with Crippen LogP contribution in [0.5, 0.6) is 0 Å². The predicted octanol–water partition coefficient (Wildman–Crippen LogP) is 2.08. The van der Waals surface area contributed by atoms with Gasteiger partial charge in [-0.2, -0.15) is 0 Å². The Morgan fingerprint density at radius 2 is 1.90 bits per heavy atom. The highest BCUT2D eigenvalue weighted by atomic mass is 15.1. The van der Waals surface area contributed by atoms with Crippen molar-refractivity contribution in [1.82, 2.24) is 4.90 Å². The van der Waals surface area contributed by atoms with E-state index in [1.54, 1.807) is 0 Å². The van der Waals surface area contributed by atoms with Crippen molar-refractivity contribution in [2.24, 2.45) is 0 Å². The van der Waals surface area contributed by atoms with Crippen LogP contribution in [0.15, 0.2) is 0 Å². The molecule has 0 aliphatic carbocycles. The third-order valence-electron chi connectivity index (χ3n) is 2.38. The van der Waals surface area contributed by atoms with E-state index in [4.69, 9.17) is 0 Å². The second kappa shape index (κ2) is 3.97. The second-order valence-corrected chi connectivity index (χ2v) is 3.16. The number of hydrogen-bond donors (Lipinski definition) is 0. The Morgan fingerprint density at radius 3 is 2.40 bits per heavy atom. The van der Waals surface area contributed by atoms with Gasteiger partial charge in [-0.05, 0) is 39.3 Å². The lowest BCUT2D eigenvalue weighted by Gasteiger charge is -2.31. The van der Waals surface area contributed by atoms with Crippen LogP contribution >= 0.6 is 0 Å². The zero-order valence-electron chi connectivity index (χ0n) is 6.97. The minimum Gasteiger partial charge on any atom is -0.300 e. The number of likely N-dealkylation sites (tertiary alicyclic amines) is 1. The molecule has 0 aromatic carbocycles. The monoisotopic (exact) mass is 140 g/mol. The van der Waals surface area contributed by atoms with Gasteiger partial charge in [-0.3, -0.25) is 0 Å². The number of piperidine rings is 1. The highest BCUT2D eigenvalue weighted by Gasteiger charge is 2.14. The van der Waals surface area contributed by atoms with Crippen LogP contribution in [0.1, 0.15) is 32.6 Å². The van der Waals surface area contributed by atoms with Crippen molar-refractivity contribution in [2.75, 3.05) is 13.1 Å². The van der Waals surface area contributed by atoms with Crippen LogP contribution in [-0.4, -0.2) is 24.0 Å². The van der Waals surface area contributed by atoms with E-state index in [2.05, 4.69) is 18.7 Å². The summed E-state index contributed by atoms with van der Waals surface area (Å²) >= 11 is 0. The van der Waals surface area contributed by atoms with E-state index in [1.165, 1.54) is 38.8 Å². The molecule has 1 aliphatic rings. The van der Waals surface area contributed by atoms with Gasteiger partial charge in [0.05, 0.1) is 0 Å². The quantitative estimate of drug-likeness (QED) is 0.567. The summed E-state index contributed by atoms with van der Waals surface area (Å²) in [4.78, 5) is 2.50. The third-order valence-corrected chi connectivity index (χ3v) is 2.38. The van der Waals surface area contributed by atoms with E-state index >= 15 is 0 Å². The smallest absolute Gasteiger partial charge is 0.00932 e. The molecule has 0 amide bonds. The van der Waals surface area contributed by atoms with Crippen LogP contribution in [0.2, 0.25) is 0 Å². The maximum Gasteiger partial charge on any atom is 0.00932 e. The second-order valence-electron chi connectivity index (χ2n) is 3.16. The Morgan fingerprint density at radius 1 is 1.30 bits per heavy atom. The van der Waals surface area contributed by atoms with Crippen molar-refractivity contribution in [3.8, 4) is 0 Å². The van der Waals surface area contributed by atoms with Crippen molar-refractivity contribution < 1.29 is 0 Å². The van der Waals surface area contributed by atoms with Gasteiger partial charge < -0.3 is 4.90 Å². The molecule has 1 aliphatic heterocycles. The first kappa shape index (κ1) is 8.06. The van der Waals surface area contributed by atoms with Gasteiger partial charge in [-0.15, -0.1) is 0 Å². The molecule has 0 saturated carbocycles. The number of nitrogens with zero attached hydrogens (tertiary/aromatic N) is 1. The first-order valence-corrected chi connectivity index (χ1v) is 4.41. The third kappa shape index (κ3) is 1.98. The predicted molar refractivity (Wildman–Crippen MR) is 44.9 cm³/mol. The summed E-state index contributed by atoms with van der Waals surface area (Å²) in [6, 6.07) is 0.570. The molecule has 0 aromatic heterocycles. The molecule has 10 heavy (non-hydrogen) atoms. The van der Waals surface area contributed by atoms with Crippen LogP contribution in [0.4, 0.5) is 0 Å². The lowest BCUT2D eigenvalue weighted by atomic mass is 10.1. The summed E-state index contributed by atoms with van der Waals surface area (Å²) in [5.74, 6) is 0. The van der Waals surface area contributed by atoms with Gasteiger partial charge in [-0.25, -0.2) is 0 Å². The minimum atomic E-state index is 0.570. The lowest BCUT2D eigenvalue weighted by Crippen LogP contribution is -2.37. The highest BCUT2D eigenvalue weighted by molar-refractivity contribution is 4.74.